The third-order valence-electron chi connectivity index (χ3n) is 2.65. The van der Waals surface area contributed by atoms with E-state index in [0.717, 1.165) is 16.1 Å². The summed E-state index contributed by atoms with van der Waals surface area (Å²) >= 11 is 1.48. The van der Waals surface area contributed by atoms with E-state index in [1.807, 2.05) is 18.4 Å². The largest absolute Gasteiger partial charge is 0.332 e. The summed E-state index contributed by atoms with van der Waals surface area (Å²) in [7, 11) is 0. The molecule has 7 heteroatoms. The van der Waals surface area contributed by atoms with Crippen LogP contribution in [-0.2, 0) is 6.54 Å². The Morgan fingerprint density at radius 3 is 3.00 bits per heavy atom. The minimum Gasteiger partial charge on any atom is -0.332 e. The third-order valence-corrected chi connectivity index (χ3v) is 3.52. The normalized spacial score (nSPS) is 10.8. The predicted octanol–water partition coefficient (Wildman–Crippen LogP) is 2.02. The summed E-state index contributed by atoms with van der Waals surface area (Å²) in [4.78, 5) is 12.7. The molecule has 0 saturated carbocycles. The van der Waals surface area contributed by atoms with Crippen LogP contribution in [0, 0.1) is 6.92 Å². The lowest BCUT2D eigenvalue weighted by Crippen LogP contribution is -1.94. The molecular formula is C12H11N5OS. The van der Waals surface area contributed by atoms with Crippen LogP contribution in [0.4, 0.5) is 0 Å². The van der Waals surface area contributed by atoms with Crippen molar-refractivity contribution in [3.63, 3.8) is 0 Å². The molecule has 96 valence electrons. The highest BCUT2D eigenvalue weighted by Gasteiger charge is 2.14. The fourth-order valence-corrected chi connectivity index (χ4v) is 2.29. The van der Waals surface area contributed by atoms with Crippen molar-refractivity contribution in [2.45, 2.75) is 13.5 Å². The van der Waals surface area contributed by atoms with E-state index in [1.165, 1.54) is 11.3 Å². The van der Waals surface area contributed by atoms with Crippen LogP contribution in [0.2, 0.25) is 0 Å². The number of rotatable bonds is 3. The minimum absolute atomic E-state index is 0.397. The highest BCUT2D eigenvalue weighted by Crippen LogP contribution is 2.24. The van der Waals surface area contributed by atoms with Gasteiger partial charge in [-0.2, -0.15) is 4.98 Å². The van der Waals surface area contributed by atoms with Crippen molar-refractivity contribution in [2.75, 3.05) is 0 Å². The maximum Gasteiger partial charge on any atom is 0.277 e. The molecule has 0 bridgehead atoms. The second kappa shape index (κ2) is 4.87. The average molecular weight is 273 g/mol. The van der Waals surface area contributed by atoms with Crippen molar-refractivity contribution in [3.8, 4) is 23.0 Å². The van der Waals surface area contributed by atoms with E-state index in [4.69, 9.17) is 10.3 Å². The van der Waals surface area contributed by atoms with Crippen LogP contribution < -0.4 is 5.73 Å². The first-order valence-electron chi connectivity index (χ1n) is 5.67. The molecule has 0 amide bonds. The van der Waals surface area contributed by atoms with Gasteiger partial charge in [0.15, 0.2) is 0 Å². The van der Waals surface area contributed by atoms with Crippen molar-refractivity contribution in [2.24, 2.45) is 5.73 Å². The summed E-state index contributed by atoms with van der Waals surface area (Å²) in [6, 6.07) is 1.90. The Bertz CT molecular complexity index is 705. The lowest BCUT2D eigenvalue weighted by Gasteiger charge is -1.96. The Kier molecular flexibility index (Phi) is 3.06. The van der Waals surface area contributed by atoms with Gasteiger partial charge in [0.25, 0.3) is 5.89 Å². The van der Waals surface area contributed by atoms with Crippen LogP contribution >= 0.6 is 11.3 Å². The van der Waals surface area contributed by atoms with E-state index in [1.54, 1.807) is 12.4 Å². The lowest BCUT2D eigenvalue weighted by atomic mass is 10.1. The number of nitrogens with two attached hydrogens (primary N) is 1. The molecule has 0 spiro atoms. The maximum absolute atomic E-state index is 5.53. The van der Waals surface area contributed by atoms with Gasteiger partial charge in [-0.3, -0.25) is 4.98 Å². The quantitative estimate of drug-likeness (QED) is 0.785. The van der Waals surface area contributed by atoms with E-state index in [9.17, 15) is 0 Å². The minimum atomic E-state index is 0.397. The Morgan fingerprint density at radius 1 is 1.37 bits per heavy atom. The van der Waals surface area contributed by atoms with Crippen LogP contribution in [0.5, 0.6) is 0 Å². The van der Waals surface area contributed by atoms with Crippen LogP contribution in [0.25, 0.3) is 23.0 Å². The molecule has 0 aromatic carbocycles. The van der Waals surface area contributed by atoms with E-state index in [2.05, 4.69) is 20.1 Å². The van der Waals surface area contributed by atoms with Gasteiger partial charge < -0.3 is 10.3 Å². The van der Waals surface area contributed by atoms with Gasteiger partial charge in [0.1, 0.15) is 10.7 Å². The zero-order chi connectivity index (χ0) is 13.2. The summed E-state index contributed by atoms with van der Waals surface area (Å²) in [5.74, 6) is 0.914. The summed E-state index contributed by atoms with van der Waals surface area (Å²) in [5.41, 5.74) is 8.09. The Hall–Kier alpha value is -2.12. The summed E-state index contributed by atoms with van der Waals surface area (Å²) in [6.45, 7) is 2.38. The van der Waals surface area contributed by atoms with E-state index < -0.39 is 0 Å². The molecule has 0 aliphatic carbocycles. The number of hydrogen-bond donors (Lipinski definition) is 1. The SMILES string of the molecule is Cc1ccncc1-c1noc(-c2csc(CN)n2)n1. The molecule has 2 N–H and O–H groups in total. The van der Waals surface area contributed by atoms with Crippen molar-refractivity contribution >= 4 is 11.3 Å². The highest BCUT2D eigenvalue weighted by molar-refractivity contribution is 7.09. The van der Waals surface area contributed by atoms with Crippen LogP contribution in [-0.4, -0.2) is 20.1 Å². The average Bonchev–Trinajstić information content (AvgIpc) is 3.08. The van der Waals surface area contributed by atoms with E-state index in [0.29, 0.717) is 24.0 Å². The second-order valence-electron chi connectivity index (χ2n) is 3.94. The number of aryl methyl sites for hydroxylation is 1. The predicted molar refractivity (Wildman–Crippen MR) is 71.3 cm³/mol. The van der Waals surface area contributed by atoms with Crippen molar-refractivity contribution in [1.82, 2.24) is 20.1 Å². The van der Waals surface area contributed by atoms with Gasteiger partial charge in [0, 0.05) is 29.9 Å². The van der Waals surface area contributed by atoms with E-state index in [-0.39, 0.29) is 0 Å². The molecule has 0 aliphatic rings. The molecule has 0 unspecified atom stereocenters. The number of pyridine rings is 1. The Balaban J connectivity index is 1.97. The fraction of sp³-hybridized carbons (Fsp3) is 0.167. The fourth-order valence-electron chi connectivity index (χ4n) is 1.64. The number of aromatic nitrogens is 4. The molecule has 0 saturated heterocycles. The summed E-state index contributed by atoms with van der Waals surface area (Å²) < 4.78 is 5.23. The first-order valence-corrected chi connectivity index (χ1v) is 6.55. The third kappa shape index (κ3) is 2.25. The van der Waals surface area contributed by atoms with Crippen LogP contribution in [0.15, 0.2) is 28.4 Å². The zero-order valence-electron chi connectivity index (χ0n) is 10.2. The van der Waals surface area contributed by atoms with Gasteiger partial charge in [-0.25, -0.2) is 4.98 Å². The summed E-state index contributed by atoms with van der Waals surface area (Å²) in [5, 5.41) is 6.66. The first kappa shape index (κ1) is 11.9. The topological polar surface area (TPSA) is 90.7 Å². The molecule has 3 heterocycles. The van der Waals surface area contributed by atoms with Crippen LogP contribution in [0.3, 0.4) is 0 Å². The zero-order valence-corrected chi connectivity index (χ0v) is 11.0. The van der Waals surface area contributed by atoms with Crippen LogP contribution in [0.1, 0.15) is 10.6 Å². The molecular weight excluding hydrogens is 262 g/mol. The molecule has 3 rings (SSSR count). The highest BCUT2D eigenvalue weighted by atomic mass is 32.1. The number of nitrogens with zero attached hydrogens (tertiary/aromatic N) is 4. The van der Waals surface area contributed by atoms with Crippen molar-refractivity contribution in [1.29, 1.82) is 0 Å². The van der Waals surface area contributed by atoms with E-state index >= 15 is 0 Å². The maximum atomic E-state index is 5.53. The second-order valence-corrected chi connectivity index (χ2v) is 4.89. The van der Waals surface area contributed by atoms with Crippen molar-refractivity contribution in [3.05, 3.63) is 34.4 Å². The van der Waals surface area contributed by atoms with Gasteiger partial charge >= 0.3 is 0 Å². The Labute approximate surface area is 113 Å². The van der Waals surface area contributed by atoms with Gasteiger partial charge in [0.05, 0.1) is 0 Å². The summed E-state index contributed by atoms with van der Waals surface area (Å²) in [6.07, 6.45) is 3.45. The molecule has 3 aromatic heterocycles. The number of hydrogen-bond acceptors (Lipinski definition) is 7. The Morgan fingerprint density at radius 2 is 2.26 bits per heavy atom. The lowest BCUT2D eigenvalue weighted by molar-refractivity contribution is 0.431. The monoisotopic (exact) mass is 273 g/mol. The van der Waals surface area contributed by atoms with Crippen molar-refractivity contribution < 1.29 is 4.52 Å². The smallest absolute Gasteiger partial charge is 0.277 e. The standard InChI is InChI=1S/C12H11N5OS/c1-7-2-3-14-5-8(7)11-16-12(18-17-11)9-6-19-10(4-13)15-9/h2-3,5-6H,4,13H2,1H3. The van der Waals surface area contributed by atoms with Gasteiger partial charge in [-0.05, 0) is 18.6 Å². The molecule has 3 aromatic rings. The molecule has 0 aliphatic heterocycles. The van der Waals surface area contributed by atoms with Gasteiger partial charge in [0.2, 0.25) is 5.82 Å². The molecule has 6 nitrogen and oxygen atoms in total. The van der Waals surface area contributed by atoms with Gasteiger partial charge in [-0.15, -0.1) is 11.3 Å². The first-order chi connectivity index (χ1) is 9.28. The number of thiazole rings is 1. The van der Waals surface area contributed by atoms with Gasteiger partial charge in [-0.1, -0.05) is 5.16 Å². The molecule has 0 radical (unpaired) electrons. The molecule has 0 atom stereocenters. The molecule has 19 heavy (non-hydrogen) atoms. The molecule has 0 fully saturated rings.